The number of esters is 1. The molecule has 0 spiro atoms. The highest BCUT2D eigenvalue weighted by Crippen LogP contribution is 2.12. The molecule has 0 saturated heterocycles. The van der Waals surface area contributed by atoms with Crippen molar-refractivity contribution in [2.45, 2.75) is 32.2 Å². The van der Waals surface area contributed by atoms with E-state index in [-0.39, 0.29) is 25.9 Å². The molecule has 0 saturated carbocycles. The Morgan fingerprint density at radius 1 is 1.32 bits per heavy atom. The summed E-state index contributed by atoms with van der Waals surface area (Å²) in [5, 5.41) is 12.1. The van der Waals surface area contributed by atoms with Crippen LogP contribution in [0, 0.1) is 0 Å². The first-order chi connectivity index (χ1) is 10.4. The summed E-state index contributed by atoms with van der Waals surface area (Å²) in [4.78, 5) is 34.1. The number of benzene rings is 1. The van der Waals surface area contributed by atoms with Gasteiger partial charge in [-0.25, -0.2) is 4.79 Å². The molecule has 0 radical (unpaired) electrons. The second-order valence-corrected chi connectivity index (χ2v) is 5.03. The fraction of sp³-hybridized carbons (Fsp3) is 0.400. The molecule has 2 N–H and O–H groups in total. The summed E-state index contributed by atoms with van der Waals surface area (Å²) in [6.45, 7) is 1.91. The second kappa shape index (κ2) is 9.04. The molecule has 7 heteroatoms. The van der Waals surface area contributed by atoms with E-state index in [0.29, 0.717) is 10.6 Å². The number of aliphatic carboxylic acids is 1. The van der Waals surface area contributed by atoms with Crippen LogP contribution in [0.3, 0.4) is 0 Å². The van der Waals surface area contributed by atoms with Crippen LogP contribution in [0.1, 0.15) is 25.3 Å². The van der Waals surface area contributed by atoms with Crippen molar-refractivity contribution in [2.75, 3.05) is 6.61 Å². The molecule has 0 aromatic heterocycles. The first-order valence-corrected chi connectivity index (χ1v) is 7.22. The molecule has 1 aromatic carbocycles. The number of rotatable bonds is 8. The molecule has 0 aliphatic carbocycles. The van der Waals surface area contributed by atoms with E-state index in [1.165, 1.54) is 0 Å². The van der Waals surface area contributed by atoms with Gasteiger partial charge in [-0.2, -0.15) is 0 Å². The van der Waals surface area contributed by atoms with Gasteiger partial charge in [0.2, 0.25) is 5.91 Å². The number of ether oxygens (including phenoxy) is 1. The average molecular weight is 328 g/mol. The van der Waals surface area contributed by atoms with E-state index >= 15 is 0 Å². The third kappa shape index (κ3) is 6.58. The second-order valence-electron chi connectivity index (χ2n) is 4.60. The number of hydrogen-bond donors (Lipinski definition) is 2. The lowest BCUT2D eigenvalue weighted by molar-refractivity contribution is -0.144. The summed E-state index contributed by atoms with van der Waals surface area (Å²) in [6.07, 6.45) is -0.0810. The minimum atomic E-state index is -1.15. The lowest BCUT2D eigenvalue weighted by atomic mass is 10.1. The topological polar surface area (TPSA) is 92.7 Å². The van der Waals surface area contributed by atoms with Gasteiger partial charge in [0.1, 0.15) is 6.04 Å². The fourth-order valence-corrected chi connectivity index (χ4v) is 2.03. The zero-order valence-electron chi connectivity index (χ0n) is 12.2. The first kappa shape index (κ1) is 18.0. The van der Waals surface area contributed by atoms with Gasteiger partial charge in [0.25, 0.3) is 0 Å². The average Bonchev–Trinajstić information content (AvgIpc) is 2.45. The lowest BCUT2D eigenvalue weighted by Crippen LogP contribution is -2.42. The highest BCUT2D eigenvalue weighted by Gasteiger charge is 2.21. The quantitative estimate of drug-likeness (QED) is 0.710. The number of carbonyl (C=O) groups excluding carboxylic acids is 2. The van der Waals surface area contributed by atoms with Crippen molar-refractivity contribution in [3.63, 3.8) is 0 Å². The van der Waals surface area contributed by atoms with Gasteiger partial charge in [0.15, 0.2) is 0 Å². The Bertz CT molecular complexity index is 546. The monoisotopic (exact) mass is 327 g/mol. The van der Waals surface area contributed by atoms with Gasteiger partial charge < -0.3 is 15.2 Å². The van der Waals surface area contributed by atoms with Gasteiger partial charge in [-0.15, -0.1) is 0 Å². The first-order valence-electron chi connectivity index (χ1n) is 6.84. The standard InChI is InChI=1S/C15H18ClNO5/c1-2-22-14(19)7-6-13(18)17-12(15(20)21)9-10-4-3-5-11(16)8-10/h3-5,8,12H,2,6-7,9H2,1H3,(H,17,18)(H,20,21)/t12-/m0/s1. The molecular formula is C15H18ClNO5. The summed E-state index contributed by atoms with van der Waals surface area (Å²) >= 11 is 5.84. The van der Waals surface area contributed by atoms with Crippen molar-refractivity contribution >= 4 is 29.4 Å². The van der Waals surface area contributed by atoms with Gasteiger partial charge in [-0.05, 0) is 24.6 Å². The lowest BCUT2D eigenvalue weighted by Gasteiger charge is -2.14. The minimum absolute atomic E-state index is 0.0802. The predicted octanol–water partition coefficient (Wildman–Crippen LogP) is 1.80. The van der Waals surface area contributed by atoms with E-state index < -0.39 is 23.9 Å². The third-order valence-electron chi connectivity index (χ3n) is 2.82. The Labute approximate surface area is 133 Å². The van der Waals surface area contributed by atoms with Crippen LogP contribution in [-0.4, -0.2) is 35.6 Å². The summed E-state index contributed by atoms with van der Waals surface area (Å²) in [5.74, 6) is -2.15. The van der Waals surface area contributed by atoms with Crippen LogP contribution < -0.4 is 5.32 Å². The van der Waals surface area contributed by atoms with Crippen molar-refractivity contribution in [1.29, 1.82) is 0 Å². The Hall–Kier alpha value is -2.08. The number of carbonyl (C=O) groups is 3. The Balaban J connectivity index is 2.55. The molecule has 1 atom stereocenters. The number of halogens is 1. The Morgan fingerprint density at radius 3 is 2.64 bits per heavy atom. The van der Waals surface area contributed by atoms with E-state index in [1.54, 1.807) is 31.2 Å². The molecular weight excluding hydrogens is 310 g/mol. The van der Waals surface area contributed by atoms with Crippen LogP contribution in [0.15, 0.2) is 24.3 Å². The molecule has 0 bridgehead atoms. The van der Waals surface area contributed by atoms with E-state index in [2.05, 4.69) is 5.32 Å². The van der Waals surface area contributed by atoms with E-state index in [4.69, 9.17) is 16.3 Å². The summed E-state index contributed by atoms with van der Waals surface area (Å²) < 4.78 is 4.70. The smallest absolute Gasteiger partial charge is 0.326 e. The van der Waals surface area contributed by atoms with Crippen LogP contribution >= 0.6 is 11.6 Å². The zero-order valence-corrected chi connectivity index (χ0v) is 12.9. The van der Waals surface area contributed by atoms with E-state index in [9.17, 15) is 19.5 Å². The molecule has 0 unspecified atom stereocenters. The largest absolute Gasteiger partial charge is 0.480 e. The van der Waals surface area contributed by atoms with Crippen LogP contribution in [0.5, 0.6) is 0 Å². The van der Waals surface area contributed by atoms with Gasteiger partial charge in [0, 0.05) is 17.9 Å². The Morgan fingerprint density at radius 2 is 2.05 bits per heavy atom. The summed E-state index contributed by atoms with van der Waals surface area (Å²) in [5.41, 5.74) is 0.700. The van der Waals surface area contributed by atoms with Gasteiger partial charge in [0.05, 0.1) is 13.0 Å². The van der Waals surface area contributed by atoms with Crippen LogP contribution in [0.2, 0.25) is 5.02 Å². The molecule has 120 valence electrons. The third-order valence-corrected chi connectivity index (χ3v) is 3.06. The maximum atomic E-state index is 11.7. The number of hydrogen-bond acceptors (Lipinski definition) is 4. The normalized spacial score (nSPS) is 11.5. The highest BCUT2D eigenvalue weighted by molar-refractivity contribution is 6.30. The molecule has 0 heterocycles. The molecule has 0 fully saturated rings. The van der Waals surface area contributed by atoms with E-state index in [1.807, 2.05) is 0 Å². The molecule has 1 rings (SSSR count). The highest BCUT2D eigenvalue weighted by atomic mass is 35.5. The molecule has 1 aromatic rings. The number of amides is 1. The fourth-order valence-electron chi connectivity index (χ4n) is 1.81. The number of carboxylic acids is 1. The van der Waals surface area contributed by atoms with Crippen molar-refractivity contribution in [1.82, 2.24) is 5.32 Å². The van der Waals surface area contributed by atoms with Crippen molar-refractivity contribution in [2.24, 2.45) is 0 Å². The van der Waals surface area contributed by atoms with Gasteiger partial charge >= 0.3 is 11.9 Å². The molecule has 0 aliphatic rings. The van der Waals surface area contributed by atoms with Gasteiger partial charge in [-0.3, -0.25) is 9.59 Å². The minimum Gasteiger partial charge on any atom is -0.480 e. The maximum absolute atomic E-state index is 11.7. The Kier molecular flexibility index (Phi) is 7.39. The molecule has 1 amide bonds. The summed E-state index contributed by atoms with van der Waals surface area (Å²) in [7, 11) is 0. The number of carboxylic acid groups (broad SMARTS) is 1. The summed E-state index contributed by atoms with van der Waals surface area (Å²) in [6, 6.07) is 5.68. The van der Waals surface area contributed by atoms with Gasteiger partial charge in [-0.1, -0.05) is 23.7 Å². The number of nitrogens with one attached hydrogen (secondary N) is 1. The molecule has 0 aliphatic heterocycles. The predicted molar refractivity (Wildman–Crippen MR) is 80.6 cm³/mol. The van der Waals surface area contributed by atoms with Crippen LogP contribution in [0.25, 0.3) is 0 Å². The van der Waals surface area contributed by atoms with Crippen LogP contribution in [-0.2, 0) is 25.5 Å². The SMILES string of the molecule is CCOC(=O)CCC(=O)N[C@@H](Cc1cccc(Cl)c1)C(=O)O. The van der Waals surface area contributed by atoms with Crippen molar-refractivity contribution < 1.29 is 24.2 Å². The molecule has 6 nitrogen and oxygen atoms in total. The zero-order chi connectivity index (χ0) is 16.5. The van der Waals surface area contributed by atoms with Crippen molar-refractivity contribution in [3.8, 4) is 0 Å². The van der Waals surface area contributed by atoms with Crippen molar-refractivity contribution in [3.05, 3.63) is 34.9 Å². The van der Waals surface area contributed by atoms with Crippen LogP contribution in [0.4, 0.5) is 0 Å². The van der Waals surface area contributed by atoms with E-state index in [0.717, 1.165) is 0 Å². The molecule has 22 heavy (non-hydrogen) atoms. The maximum Gasteiger partial charge on any atom is 0.326 e.